The zero-order valence-electron chi connectivity index (χ0n) is 7.90. The van der Waals surface area contributed by atoms with Crippen LogP contribution in [0.3, 0.4) is 0 Å². The van der Waals surface area contributed by atoms with Gasteiger partial charge in [0.1, 0.15) is 0 Å². The van der Waals surface area contributed by atoms with Gasteiger partial charge in [-0.3, -0.25) is 0 Å². The highest BCUT2D eigenvalue weighted by Gasteiger charge is 2.13. The van der Waals surface area contributed by atoms with E-state index in [1.807, 2.05) is 18.2 Å². The molecule has 0 aliphatic rings. The molecule has 1 aromatic rings. The lowest BCUT2D eigenvalue weighted by atomic mass is 9.76. The van der Waals surface area contributed by atoms with E-state index in [0.29, 0.717) is 5.46 Å². The minimum Gasteiger partial charge on any atom is -0.423 e. The molecule has 2 N–H and O–H groups in total. The van der Waals surface area contributed by atoms with Crippen LogP contribution < -0.4 is 5.46 Å². The van der Waals surface area contributed by atoms with Gasteiger partial charge in [-0.05, 0) is 23.9 Å². The van der Waals surface area contributed by atoms with Gasteiger partial charge in [-0.2, -0.15) is 0 Å². The normalized spacial score (nSPS) is 10.1. The summed E-state index contributed by atoms with van der Waals surface area (Å²) in [6.45, 7) is 2.12. The fraction of sp³-hybridized carbons (Fsp3) is 0.400. The summed E-state index contributed by atoms with van der Waals surface area (Å²) < 4.78 is 0. The maximum absolute atomic E-state index is 9.06. The molecule has 1 aromatic carbocycles. The van der Waals surface area contributed by atoms with Gasteiger partial charge in [0.2, 0.25) is 0 Å². The van der Waals surface area contributed by atoms with Crippen LogP contribution in [0.5, 0.6) is 0 Å². The molecule has 3 heteroatoms. The van der Waals surface area contributed by atoms with Crippen molar-refractivity contribution in [2.24, 2.45) is 0 Å². The molecule has 0 bridgehead atoms. The summed E-state index contributed by atoms with van der Waals surface area (Å²) in [6.07, 6.45) is 3.13. The topological polar surface area (TPSA) is 40.5 Å². The first kappa shape index (κ1) is 10.3. The third-order valence-corrected chi connectivity index (χ3v) is 2.13. The van der Waals surface area contributed by atoms with Crippen molar-refractivity contribution < 1.29 is 10.0 Å². The SMILES string of the molecule is CCCCc1ccccc1B(O)O. The Morgan fingerprint density at radius 3 is 2.54 bits per heavy atom. The van der Waals surface area contributed by atoms with Crippen LogP contribution in [0.1, 0.15) is 25.3 Å². The fourth-order valence-electron chi connectivity index (χ4n) is 1.38. The Bertz CT molecular complexity index is 261. The van der Waals surface area contributed by atoms with E-state index in [4.69, 9.17) is 10.0 Å². The first-order chi connectivity index (χ1) is 6.25. The molecule has 0 saturated carbocycles. The number of rotatable bonds is 4. The van der Waals surface area contributed by atoms with Crippen LogP contribution >= 0.6 is 0 Å². The highest BCUT2D eigenvalue weighted by molar-refractivity contribution is 6.59. The lowest BCUT2D eigenvalue weighted by molar-refractivity contribution is 0.425. The number of hydrogen-bond acceptors (Lipinski definition) is 2. The minimum atomic E-state index is -1.34. The Hall–Kier alpha value is -0.795. The zero-order chi connectivity index (χ0) is 9.68. The second-order valence-corrected chi connectivity index (χ2v) is 3.18. The summed E-state index contributed by atoms with van der Waals surface area (Å²) in [5.41, 5.74) is 1.68. The molecule has 0 saturated heterocycles. The Morgan fingerprint density at radius 2 is 1.92 bits per heavy atom. The molecule has 13 heavy (non-hydrogen) atoms. The molecule has 0 heterocycles. The van der Waals surface area contributed by atoms with Crippen molar-refractivity contribution in [2.75, 3.05) is 0 Å². The van der Waals surface area contributed by atoms with Crippen molar-refractivity contribution in [1.29, 1.82) is 0 Å². The van der Waals surface area contributed by atoms with Crippen molar-refractivity contribution in [1.82, 2.24) is 0 Å². The van der Waals surface area contributed by atoms with Crippen LogP contribution in [-0.2, 0) is 6.42 Å². The van der Waals surface area contributed by atoms with Crippen molar-refractivity contribution >= 4 is 12.6 Å². The number of hydrogen-bond donors (Lipinski definition) is 2. The summed E-state index contributed by atoms with van der Waals surface area (Å²) in [5.74, 6) is 0. The average molecular weight is 178 g/mol. The predicted molar refractivity (Wildman–Crippen MR) is 54.9 cm³/mol. The summed E-state index contributed by atoms with van der Waals surface area (Å²) in [7, 11) is -1.34. The predicted octanol–water partition coefficient (Wildman–Crippen LogP) is 0.709. The summed E-state index contributed by atoms with van der Waals surface area (Å²) in [4.78, 5) is 0. The molecule has 0 aliphatic carbocycles. The molecule has 0 atom stereocenters. The fourth-order valence-corrected chi connectivity index (χ4v) is 1.38. The number of aryl methyl sites for hydroxylation is 1. The maximum atomic E-state index is 9.06. The van der Waals surface area contributed by atoms with E-state index in [-0.39, 0.29) is 0 Å². The summed E-state index contributed by atoms with van der Waals surface area (Å²) >= 11 is 0. The summed E-state index contributed by atoms with van der Waals surface area (Å²) in [6, 6.07) is 7.46. The van der Waals surface area contributed by atoms with Crippen LogP contribution in [0.4, 0.5) is 0 Å². The van der Waals surface area contributed by atoms with E-state index in [1.165, 1.54) is 0 Å². The number of unbranched alkanes of at least 4 members (excludes halogenated alkanes) is 1. The van der Waals surface area contributed by atoms with E-state index in [1.54, 1.807) is 6.07 Å². The van der Waals surface area contributed by atoms with Gasteiger partial charge >= 0.3 is 7.12 Å². The average Bonchev–Trinajstić information content (AvgIpc) is 2.15. The van der Waals surface area contributed by atoms with Crippen LogP contribution in [0.15, 0.2) is 24.3 Å². The van der Waals surface area contributed by atoms with Gasteiger partial charge in [-0.25, -0.2) is 0 Å². The van der Waals surface area contributed by atoms with E-state index in [9.17, 15) is 0 Å². The standard InChI is InChI=1S/C10H15BO2/c1-2-3-6-9-7-4-5-8-10(9)11(12)13/h4-5,7-8,12-13H,2-3,6H2,1H3. The first-order valence-corrected chi connectivity index (χ1v) is 4.69. The van der Waals surface area contributed by atoms with Gasteiger partial charge in [0.05, 0.1) is 0 Å². The van der Waals surface area contributed by atoms with E-state index >= 15 is 0 Å². The smallest absolute Gasteiger partial charge is 0.423 e. The molecule has 1 rings (SSSR count). The first-order valence-electron chi connectivity index (χ1n) is 4.69. The summed E-state index contributed by atoms with van der Waals surface area (Å²) in [5, 5.41) is 18.1. The molecule has 0 fully saturated rings. The lowest BCUT2D eigenvalue weighted by Gasteiger charge is -2.07. The number of benzene rings is 1. The highest BCUT2D eigenvalue weighted by atomic mass is 16.4. The second-order valence-electron chi connectivity index (χ2n) is 3.18. The van der Waals surface area contributed by atoms with Crippen molar-refractivity contribution in [3.63, 3.8) is 0 Å². The molecule has 0 radical (unpaired) electrons. The third-order valence-electron chi connectivity index (χ3n) is 2.13. The van der Waals surface area contributed by atoms with Crippen molar-refractivity contribution in [3.8, 4) is 0 Å². The van der Waals surface area contributed by atoms with Gasteiger partial charge < -0.3 is 10.0 Å². The molecule has 0 amide bonds. The molecule has 2 nitrogen and oxygen atoms in total. The Labute approximate surface area is 79.4 Å². The van der Waals surface area contributed by atoms with Crippen LogP contribution in [-0.4, -0.2) is 17.2 Å². The molecule has 0 spiro atoms. The van der Waals surface area contributed by atoms with Gasteiger partial charge in [0.25, 0.3) is 0 Å². The van der Waals surface area contributed by atoms with Gasteiger partial charge in [-0.15, -0.1) is 0 Å². The van der Waals surface area contributed by atoms with Crippen LogP contribution in [0.2, 0.25) is 0 Å². The Kier molecular flexibility index (Phi) is 3.99. The maximum Gasteiger partial charge on any atom is 0.488 e. The van der Waals surface area contributed by atoms with Gasteiger partial charge in [0.15, 0.2) is 0 Å². The van der Waals surface area contributed by atoms with Crippen LogP contribution in [0, 0.1) is 0 Å². The lowest BCUT2D eigenvalue weighted by Crippen LogP contribution is -2.32. The van der Waals surface area contributed by atoms with E-state index in [2.05, 4.69) is 6.92 Å². The molecule has 0 aliphatic heterocycles. The Morgan fingerprint density at radius 1 is 1.23 bits per heavy atom. The van der Waals surface area contributed by atoms with Gasteiger partial charge in [-0.1, -0.05) is 37.6 Å². The van der Waals surface area contributed by atoms with Crippen molar-refractivity contribution in [3.05, 3.63) is 29.8 Å². The van der Waals surface area contributed by atoms with Crippen LogP contribution in [0.25, 0.3) is 0 Å². The van der Waals surface area contributed by atoms with Gasteiger partial charge in [0, 0.05) is 0 Å². The molecule has 0 aromatic heterocycles. The minimum absolute atomic E-state index is 0.635. The monoisotopic (exact) mass is 178 g/mol. The third kappa shape index (κ3) is 2.86. The Balaban J connectivity index is 2.78. The largest absolute Gasteiger partial charge is 0.488 e. The van der Waals surface area contributed by atoms with E-state index in [0.717, 1.165) is 24.8 Å². The molecular weight excluding hydrogens is 163 g/mol. The highest BCUT2D eigenvalue weighted by Crippen LogP contribution is 2.02. The quantitative estimate of drug-likeness (QED) is 0.666. The second kappa shape index (κ2) is 5.05. The van der Waals surface area contributed by atoms with E-state index < -0.39 is 7.12 Å². The van der Waals surface area contributed by atoms with Crippen molar-refractivity contribution in [2.45, 2.75) is 26.2 Å². The molecule has 70 valence electrons. The zero-order valence-corrected chi connectivity index (χ0v) is 7.90. The molecular formula is C10H15BO2. The molecule has 0 unspecified atom stereocenters.